The summed E-state index contributed by atoms with van der Waals surface area (Å²) in [4.78, 5) is 8.96. The molecule has 31 heavy (non-hydrogen) atoms. The van der Waals surface area contributed by atoms with Gasteiger partial charge in [0.15, 0.2) is 0 Å². The van der Waals surface area contributed by atoms with Gasteiger partial charge in [-0.15, -0.1) is 0 Å². The Hall–Kier alpha value is -1.89. The quantitative estimate of drug-likeness (QED) is 0.450. The third-order valence-electron chi connectivity index (χ3n) is 6.55. The summed E-state index contributed by atoms with van der Waals surface area (Å²) in [7, 11) is 1.74. The van der Waals surface area contributed by atoms with Gasteiger partial charge in [-0.25, -0.2) is 4.98 Å². The van der Waals surface area contributed by atoms with Gasteiger partial charge in [0.25, 0.3) is 0 Å². The molecule has 2 saturated carbocycles. The summed E-state index contributed by atoms with van der Waals surface area (Å²) >= 11 is 6.51. The molecule has 0 saturated heterocycles. The van der Waals surface area contributed by atoms with Crippen LogP contribution in [0.5, 0.6) is 0 Å². The highest BCUT2D eigenvalue weighted by molar-refractivity contribution is 6.33. The molecule has 0 radical (unpaired) electrons. The Bertz CT molecular complexity index is 865. The van der Waals surface area contributed by atoms with E-state index in [1.165, 1.54) is 25.7 Å². The minimum absolute atomic E-state index is 0.437. The molecule has 0 bridgehead atoms. The smallest absolute Gasteiger partial charge is 0.126 e. The number of nitrogens with zero attached hydrogens (tertiary/aromatic N) is 2. The van der Waals surface area contributed by atoms with Crippen molar-refractivity contribution in [2.24, 2.45) is 5.41 Å². The van der Waals surface area contributed by atoms with Crippen LogP contribution in [0.25, 0.3) is 11.1 Å². The van der Waals surface area contributed by atoms with Gasteiger partial charge in [-0.2, -0.15) is 0 Å². The maximum Gasteiger partial charge on any atom is 0.126 e. The lowest BCUT2D eigenvalue weighted by Crippen LogP contribution is -2.38. The molecule has 0 atom stereocenters. The highest BCUT2D eigenvalue weighted by Gasteiger charge is 2.36. The second-order valence-corrected chi connectivity index (χ2v) is 9.72. The van der Waals surface area contributed by atoms with Gasteiger partial charge in [0.1, 0.15) is 5.82 Å². The lowest BCUT2D eigenvalue weighted by molar-refractivity contribution is 0.191. The largest absolute Gasteiger partial charge is 0.383 e. The van der Waals surface area contributed by atoms with E-state index < -0.39 is 0 Å². The van der Waals surface area contributed by atoms with E-state index in [4.69, 9.17) is 16.3 Å². The first-order valence-corrected chi connectivity index (χ1v) is 11.8. The van der Waals surface area contributed by atoms with Gasteiger partial charge in [0, 0.05) is 62.0 Å². The first kappa shape index (κ1) is 22.3. The van der Waals surface area contributed by atoms with Crippen molar-refractivity contribution in [1.82, 2.24) is 15.3 Å². The molecule has 0 aromatic carbocycles. The van der Waals surface area contributed by atoms with Gasteiger partial charge in [0.05, 0.1) is 17.3 Å². The number of anilines is 2. The fourth-order valence-corrected chi connectivity index (χ4v) is 4.36. The van der Waals surface area contributed by atoms with Crippen LogP contribution in [0.3, 0.4) is 0 Å². The fourth-order valence-electron chi connectivity index (χ4n) is 4.14. The van der Waals surface area contributed by atoms with Crippen molar-refractivity contribution >= 4 is 23.1 Å². The molecule has 0 amide bonds. The first-order chi connectivity index (χ1) is 15.0. The maximum absolute atomic E-state index is 6.51. The van der Waals surface area contributed by atoms with Crippen LogP contribution in [0, 0.1) is 5.41 Å². The number of hydrogen-bond donors (Lipinski definition) is 3. The number of nitrogens with one attached hydrogen (secondary N) is 3. The van der Waals surface area contributed by atoms with E-state index in [0.717, 1.165) is 55.2 Å². The van der Waals surface area contributed by atoms with E-state index in [0.29, 0.717) is 22.5 Å². The average Bonchev–Trinajstić information content (AvgIpc) is 3.53. The molecule has 3 N–H and O–H groups in total. The standard InChI is InChI=1S/C24H34ClN5O/c1-24(7-8-24)16-29-20-11-17(13-26-14-20)21-12-23(28-15-22(21)25)30-19-5-3-18(4-6-19)27-9-10-31-2/h11-15,18-19,27,29H,3-10,16H2,1-2H3,(H,28,30)/t18-,19-. The third kappa shape index (κ3) is 6.31. The predicted molar refractivity (Wildman–Crippen MR) is 128 cm³/mol. The normalized spacial score (nSPS) is 22.2. The van der Waals surface area contributed by atoms with Crippen LogP contribution in [-0.2, 0) is 4.74 Å². The Morgan fingerprint density at radius 2 is 1.87 bits per heavy atom. The summed E-state index contributed by atoms with van der Waals surface area (Å²) in [5, 5.41) is 11.4. The first-order valence-electron chi connectivity index (χ1n) is 11.4. The van der Waals surface area contributed by atoms with Gasteiger partial charge in [-0.3, -0.25) is 4.98 Å². The van der Waals surface area contributed by atoms with Gasteiger partial charge in [-0.1, -0.05) is 18.5 Å². The number of methoxy groups -OCH3 is 1. The molecule has 2 fully saturated rings. The summed E-state index contributed by atoms with van der Waals surface area (Å²) < 4.78 is 5.13. The van der Waals surface area contributed by atoms with Crippen LogP contribution in [0.1, 0.15) is 45.4 Å². The maximum atomic E-state index is 6.51. The summed E-state index contributed by atoms with van der Waals surface area (Å²) in [5.74, 6) is 0.874. The van der Waals surface area contributed by atoms with Crippen LogP contribution >= 0.6 is 11.6 Å². The molecule has 0 unspecified atom stereocenters. The van der Waals surface area contributed by atoms with Crippen LogP contribution in [0.4, 0.5) is 11.5 Å². The Morgan fingerprint density at radius 1 is 1.10 bits per heavy atom. The second kappa shape index (κ2) is 10.2. The van der Waals surface area contributed by atoms with Crippen molar-refractivity contribution in [3.63, 3.8) is 0 Å². The lowest BCUT2D eigenvalue weighted by atomic mass is 9.91. The molecule has 4 rings (SSSR count). The minimum atomic E-state index is 0.437. The lowest BCUT2D eigenvalue weighted by Gasteiger charge is -2.30. The predicted octanol–water partition coefficient (Wildman–Crippen LogP) is 4.97. The van der Waals surface area contributed by atoms with Crippen LogP contribution in [0.2, 0.25) is 5.02 Å². The van der Waals surface area contributed by atoms with E-state index in [1.54, 1.807) is 13.3 Å². The van der Waals surface area contributed by atoms with E-state index in [-0.39, 0.29) is 0 Å². The summed E-state index contributed by atoms with van der Waals surface area (Å²) in [6, 6.07) is 5.20. The molecular weight excluding hydrogens is 410 g/mol. The van der Waals surface area contributed by atoms with Crippen molar-refractivity contribution in [3.8, 4) is 11.1 Å². The number of aromatic nitrogens is 2. The molecular formula is C24H34ClN5O. The Labute approximate surface area is 190 Å². The topological polar surface area (TPSA) is 71.1 Å². The molecule has 7 heteroatoms. The van der Waals surface area contributed by atoms with E-state index in [1.807, 2.05) is 18.5 Å². The Kier molecular flexibility index (Phi) is 7.31. The van der Waals surface area contributed by atoms with Gasteiger partial charge >= 0.3 is 0 Å². The molecule has 2 aliphatic rings. The number of pyridine rings is 2. The van der Waals surface area contributed by atoms with E-state index >= 15 is 0 Å². The highest BCUT2D eigenvalue weighted by atomic mass is 35.5. The molecule has 168 valence electrons. The second-order valence-electron chi connectivity index (χ2n) is 9.32. The van der Waals surface area contributed by atoms with Crippen LogP contribution < -0.4 is 16.0 Å². The summed E-state index contributed by atoms with van der Waals surface area (Å²) in [5.41, 5.74) is 3.45. The monoisotopic (exact) mass is 443 g/mol. The number of rotatable bonds is 10. The number of ether oxygens (including phenoxy) is 1. The van der Waals surface area contributed by atoms with E-state index in [9.17, 15) is 0 Å². The van der Waals surface area contributed by atoms with Crippen molar-refractivity contribution in [2.45, 2.75) is 57.5 Å². The number of hydrogen-bond acceptors (Lipinski definition) is 6. The molecule has 0 spiro atoms. The SMILES string of the molecule is COCCN[C@H]1CC[C@H](Nc2cc(-c3cncc(NCC4(C)CC4)c3)c(Cl)cn2)CC1. The molecule has 0 aliphatic heterocycles. The van der Waals surface area contributed by atoms with Crippen LogP contribution in [-0.4, -0.2) is 48.9 Å². The van der Waals surface area contributed by atoms with Crippen molar-refractivity contribution in [2.75, 3.05) is 37.4 Å². The number of halogens is 1. The van der Waals surface area contributed by atoms with Gasteiger partial charge in [-0.05, 0) is 56.1 Å². The zero-order valence-electron chi connectivity index (χ0n) is 18.6. The van der Waals surface area contributed by atoms with E-state index in [2.05, 4.69) is 38.9 Å². The highest BCUT2D eigenvalue weighted by Crippen LogP contribution is 2.44. The Morgan fingerprint density at radius 3 is 2.61 bits per heavy atom. The summed E-state index contributed by atoms with van der Waals surface area (Å²) in [6.07, 6.45) is 12.7. The van der Waals surface area contributed by atoms with Crippen molar-refractivity contribution in [3.05, 3.63) is 35.7 Å². The van der Waals surface area contributed by atoms with Gasteiger partial charge in [0.2, 0.25) is 0 Å². The van der Waals surface area contributed by atoms with Crippen LogP contribution in [0.15, 0.2) is 30.7 Å². The fraction of sp³-hybridized carbons (Fsp3) is 0.583. The zero-order chi connectivity index (χ0) is 21.7. The molecule has 6 nitrogen and oxygen atoms in total. The molecule has 2 aliphatic carbocycles. The third-order valence-corrected chi connectivity index (χ3v) is 6.85. The van der Waals surface area contributed by atoms with Crippen molar-refractivity contribution in [1.29, 1.82) is 0 Å². The zero-order valence-corrected chi connectivity index (χ0v) is 19.3. The molecule has 2 aromatic rings. The average molecular weight is 444 g/mol. The van der Waals surface area contributed by atoms with Crippen molar-refractivity contribution < 1.29 is 4.74 Å². The molecule has 2 heterocycles. The summed E-state index contributed by atoms with van der Waals surface area (Å²) in [6.45, 7) is 4.99. The Balaban J connectivity index is 1.36. The minimum Gasteiger partial charge on any atom is -0.383 e. The molecule has 2 aromatic heterocycles. The van der Waals surface area contributed by atoms with Gasteiger partial charge < -0.3 is 20.7 Å².